The first-order valence-corrected chi connectivity index (χ1v) is 7.99. The Morgan fingerprint density at radius 1 is 0.955 bits per heavy atom. The smallest absolute Gasteiger partial charge is 0.280 e. The molecular formula is C13H8Cl2F3NO2S. The predicted molar refractivity (Wildman–Crippen MR) is 78.7 cm³/mol. The van der Waals surface area contributed by atoms with Crippen molar-refractivity contribution in [2.24, 2.45) is 0 Å². The van der Waals surface area contributed by atoms with Crippen molar-refractivity contribution in [3.8, 4) is 0 Å². The molecule has 2 aromatic carbocycles. The van der Waals surface area contributed by atoms with Crippen LogP contribution in [0.5, 0.6) is 0 Å². The van der Waals surface area contributed by atoms with Crippen LogP contribution in [0.25, 0.3) is 0 Å². The Balaban J connectivity index is 2.42. The number of benzene rings is 2. The molecule has 0 atom stereocenters. The largest absolute Gasteiger partial charge is 0.416 e. The van der Waals surface area contributed by atoms with Crippen molar-refractivity contribution in [3.63, 3.8) is 0 Å². The Kier molecular flexibility index (Phi) is 4.60. The monoisotopic (exact) mass is 369 g/mol. The zero-order valence-corrected chi connectivity index (χ0v) is 13.0. The summed E-state index contributed by atoms with van der Waals surface area (Å²) in [6.45, 7) is 0. The molecule has 0 heterocycles. The molecule has 2 aromatic rings. The third-order valence-corrected chi connectivity index (χ3v) is 4.97. The topological polar surface area (TPSA) is 46.2 Å². The molecule has 0 spiro atoms. The molecule has 0 amide bonds. The molecule has 118 valence electrons. The predicted octanol–water partition coefficient (Wildman–Crippen LogP) is 4.81. The molecule has 0 aromatic heterocycles. The highest BCUT2D eigenvalue weighted by Crippen LogP contribution is 2.33. The molecule has 9 heteroatoms. The highest BCUT2D eigenvalue weighted by molar-refractivity contribution is 7.93. The van der Waals surface area contributed by atoms with E-state index in [1.54, 1.807) is 0 Å². The van der Waals surface area contributed by atoms with Gasteiger partial charge in [0.05, 0.1) is 15.6 Å². The molecule has 0 aliphatic carbocycles. The normalized spacial score (nSPS) is 12.2. The first-order chi connectivity index (χ1) is 10.1. The van der Waals surface area contributed by atoms with Gasteiger partial charge in [-0.05, 0) is 30.3 Å². The second kappa shape index (κ2) is 5.98. The van der Waals surface area contributed by atoms with Crippen LogP contribution in [-0.2, 0) is 16.2 Å². The molecule has 0 radical (unpaired) electrons. The SMILES string of the molecule is O=S(=O)(Nc1cccc(C(F)(F)F)c1)c1c(Cl)cccc1Cl. The summed E-state index contributed by atoms with van der Waals surface area (Å²) in [7, 11) is -4.22. The molecule has 0 bridgehead atoms. The van der Waals surface area contributed by atoms with E-state index in [9.17, 15) is 21.6 Å². The minimum absolute atomic E-state index is 0.132. The van der Waals surface area contributed by atoms with Gasteiger partial charge in [0.1, 0.15) is 4.90 Å². The van der Waals surface area contributed by atoms with E-state index in [0.29, 0.717) is 6.07 Å². The minimum Gasteiger partial charge on any atom is -0.280 e. The van der Waals surface area contributed by atoms with Crippen molar-refractivity contribution in [2.75, 3.05) is 4.72 Å². The van der Waals surface area contributed by atoms with E-state index in [-0.39, 0.29) is 15.7 Å². The quantitative estimate of drug-likeness (QED) is 0.843. The van der Waals surface area contributed by atoms with E-state index in [0.717, 1.165) is 12.1 Å². The summed E-state index contributed by atoms with van der Waals surface area (Å²) in [4.78, 5) is -0.393. The Hall–Kier alpha value is -1.44. The minimum atomic E-state index is -4.58. The maximum Gasteiger partial charge on any atom is 0.416 e. The van der Waals surface area contributed by atoms with Crippen LogP contribution in [0.2, 0.25) is 10.0 Å². The third kappa shape index (κ3) is 3.66. The van der Waals surface area contributed by atoms with Crippen LogP contribution in [0.15, 0.2) is 47.4 Å². The van der Waals surface area contributed by atoms with Gasteiger partial charge in [0, 0.05) is 5.69 Å². The first-order valence-electron chi connectivity index (χ1n) is 5.75. The molecule has 22 heavy (non-hydrogen) atoms. The summed E-state index contributed by atoms with van der Waals surface area (Å²) in [5.74, 6) is 0. The number of halogens is 5. The first kappa shape index (κ1) is 16.9. The number of rotatable bonds is 3. The van der Waals surface area contributed by atoms with Gasteiger partial charge in [-0.25, -0.2) is 8.42 Å². The van der Waals surface area contributed by atoms with E-state index >= 15 is 0 Å². The van der Waals surface area contributed by atoms with E-state index in [1.165, 1.54) is 24.3 Å². The molecule has 0 unspecified atom stereocenters. The Labute approximate surface area is 134 Å². The molecule has 2 rings (SSSR count). The van der Waals surface area contributed by atoms with E-state index in [2.05, 4.69) is 0 Å². The van der Waals surface area contributed by atoms with Crippen LogP contribution < -0.4 is 4.72 Å². The summed E-state index contributed by atoms with van der Waals surface area (Å²) < 4.78 is 64.4. The summed E-state index contributed by atoms with van der Waals surface area (Å²) >= 11 is 11.6. The van der Waals surface area contributed by atoms with Gasteiger partial charge in [0.2, 0.25) is 0 Å². The lowest BCUT2D eigenvalue weighted by Gasteiger charge is -2.12. The Morgan fingerprint density at radius 3 is 2.05 bits per heavy atom. The van der Waals surface area contributed by atoms with Gasteiger partial charge in [-0.3, -0.25) is 4.72 Å². The highest BCUT2D eigenvalue weighted by atomic mass is 35.5. The van der Waals surface area contributed by atoms with Crippen LogP contribution in [0.4, 0.5) is 18.9 Å². The second-order valence-electron chi connectivity index (χ2n) is 4.23. The molecular weight excluding hydrogens is 362 g/mol. The maximum absolute atomic E-state index is 12.6. The van der Waals surface area contributed by atoms with E-state index < -0.39 is 26.7 Å². The van der Waals surface area contributed by atoms with Crippen molar-refractivity contribution in [2.45, 2.75) is 11.1 Å². The van der Waals surface area contributed by atoms with Crippen LogP contribution >= 0.6 is 23.2 Å². The fourth-order valence-corrected chi connectivity index (χ4v) is 3.90. The molecule has 3 nitrogen and oxygen atoms in total. The maximum atomic E-state index is 12.6. The summed E-state index contributed by atoms with van der Waals surface area (Å²) in [6, 6.07) is 7.88. The van der Waals surface area contributed by atoms with Gasteiger partial charge in [0.25, 0.3) is 10.0 Å². The van der Waals surface area contributed by atoms with Crippen molar-refractivity contribution in [3.05, 3.63) is 58.1 Å². The average molecular weight is 370 g/mol. The fourth-order valence-electron chi connectivity index (χ4n) is 1.70. The standard InChI is InChI=1S/C13H8Cl2F3NO2S/c14-10-5-2-6-11(15)12(10)22(20,21)19-9-4-1-3-8(7-9)13(16,17)18/h1-7,19H. The van der Waals surface area contributed by atoms with Crippen LogP contribution in [0.3, 0.4) is 0 Å². The summed E-state index contributed by atoms with van der Waals surface area (Å²) in [5.41, 5.74) is -1.22. The van der Waals surface area contributed by atoms with Gasteiger partial charge in [0.15, 0.2) is 0 Å². The fraction of sp³-hybridized carbons (Fsp3) is 0.0769. The molecule has 0 saturated heterocycles. The van der Waals surface area contributed by atoms with Crippen molar-refractivity contribution in [1.29, 1.82) is 0 Å². The van der Waals surface area contributed by atoms with Crippen LogP contribution in [0, 0.1) is 0 Å². The Morgan fingerprint density at radius 2 is 1.50 bits per heavy atom. The lowest BCUT2D eigenvalue weighted by Crippen LogP contribution is -2.15. The van der Waals surface area contributed by atoms with Gasteiger partial charge in [-0.1, -0.05) is 35.3 Å². The van der Waals surface area contributed by atoms with E-state index in [4.69, 9.17) is 23.2 Å². The zero-order chi connectivity index (χ0) is 16.5. The van der Waals surface area contributed by atoms with Crippen molar-refractivity contribution in [1.82, 2.24) is 0 Å². The second-order valence-corrected chi connectivity index (χ2v) is 6.67. The molecule has 0 aliphatic heterocycles. The zero-order valence-electron chi connectivity index (χ0n) is 10.7. The Bertz CT molecular complexity index is 787. The lowest BCUT2D eigenvalue weighted by molar-refractivity contribution is -0.137. The lowest BCUT2D eigenvalue weighted by atomic mass is 10.2. The van der Waals surface area contributed by atoms with E-state index in [1.807, 2.05) is 4.72 Å². The molecule has 0 fully saturated rings. The molecule has 1 N–H and O–H groups in total. The van der Waals surface area contributed by atoms with Gasteiger partial charge in [-0.15, -0.1) is 0 Å². The van der Waals surface area contributed by atoms with Gasteiger partial charge >= 0.3 is 6.18 Å². The van der Waals surface area contributed by atoms with Crippen LogP contribution in [-0.4, -0.2) is 8.42 Å². The third-order valence-electron chi connectivity index (χ3n) is 2.63. The van der Waals surface area contributed by atoms with Crippen molar-refractivity contribution >= 4 is 38.9 Å². The number of nitrogens with one attached hydrogen (secondary N) is 1. The van der Waals surface area contributed by atoms with Crippen LogP contribution in [0.1, 0.15) is 5.56 Å². The highest BCUT2D eigenvalue weighted by Gasteiger charge is 2.31. The van der Waals surface area contributed by atoms with Crippen molar-refractivity contribution < 1.29 is 21.6 Å². The number of anilines is 1. The average Bonchev–Trinajstić information content (AvgIpc) is 2.36. The molecule has 0 saturated carbocycles. The van der Waals surface area contributed by atoms with Gasteiger partial charge < -0.3 is 0 Å². The molecule has 0 aliphatic rings. The van der Waals surface area contributed by atoms with Gasteiger partial charge in [-0.2, -0.15) is 13.2 Å². The number of hydrogen-bond donors (Lipinski definition) is 1. The number of alkyl halides is 3. The summed E-state index contributed by atoms with van der Waals surface area (Å²) in [6.07, 6.45) is -4.58. The number of hydrogen-bond acceptors (Lipinski definition) is 2. The number of sulfonamides is 1. The summed E-state index contributed by atoms with van der Waals surface area (Å²) in [5, 5.41) is -0.265.